The lowest BCUT2D eigenvalue weighted by Gasteiger charge is -2.25. The SMILES string of the molecule is Cc1c2n(c3c(C)nn(Cc4ccccc4C#N)c(=O)c13)CCN(C)C2=O. The van der Waals surface area contributed by atoms with Crippen LogP contribution in [0.25, 0.3) is 10.9 Å². The second-order valence-corrected chi connectivity index (χ2v) is 6.89. The lowest BCUT2D eigenvalue weighted by Crippen LogP contribution is -2.37. The van der Waals surface area contributed by atoms with Gasteiger partial charge < -0.3 is 9.47 Å². The van der Waals surface area contributed by atoms with Gasteiger partial charge in [-0.15, -0.1) is 0 Å². The van der Waals surface area contributed by atoms with Gasteiger partial charge in [0.15, 0.2) is 0 Å². The van der Waals surface area contributed by atoms with Crippen molar-refractivity contribution in [3.63, 3.8) is 0 Å². The molecule has 1 aromatic carbocycles. The molecule has 3 aromatic rings. The topological polar surface area (TPSA) is 83.9 Å². The highest BCUT2D eigenvalue weighted by Crippen LogP contribution is 2.28. The molecule has 7 heteroatoms. The fraction of sp³-hybridized carbons (Fsp3) is 0.300. The van der Waals surface area contributed by atoms with E-state index in [1.54, 1.807) is 24.1 Å². The van der Waals surface area contributed by atoms with Crippen LogP contribution in [0.15, 0.2) is 29.1 Å². The summed E-state index contributed by atoms with van der Waals surface area (Å²) < 4.78 is 3.31. The molecule has 0 N–H and O–H groups in total. The average molecular weight is 361 g/mol. The third kappa shape index (κ3) is 2.45. The number of aryl methyl sites for hydroxylation is 2. The van der Waals surface area contributed by atoms with Gasteiger partial charge in [-0.3, -0.25) is 9.59 Å². The van der Waals surface area contributed by atoms with Gasteiger partial charge in [-0.1, -0.05) is 18.2 Å². The summed E-state index contributed by atoms with van der Waals surface area (Å²) in [6.45, 7) is 5.13. The first-order valence-corrected chi connectivity index (χ1v) is 8.78. The van der Waals surface area contributed by atoms with Crippen LogP contribution in [-0.4, -0.2) is 38.7 Å². The number of fused-ring (bicyclic) bond motifs is 3. The third-order valence-corrected chi connectivity index (χ3v) is 5.23. The van der Waals surface area contributed by atoms with Crippen molar-refractivity contribution in [3.8, 4) is 6.07 Å². The van der Waals surface area contributed by atoms with E-state index in [1.807, 2.05) is 30.5 Å². The maximum atomic E-state index is 13.2. The fourth-order valence-corrected chi connectivity index (χ4v) is 3.85. The molecule has 1 amide bonds. The lowest BCUT2D eigenvalue weighted by atomic mass is 10.1. The van der Waals surface area contributed by atoms with Crippen LogP contribution in [0.2, 0.25) is 0 Å². The van der Waals surface area contributed by atoms with Crippen LogP contribution < -0.4 is 5.56 Å². The first-order chi connectivity index (χ1) is 12.9. The van der Waals surface area contributed by atoms with Gasteiger partial charge in [-0.05, 0) is 31.0 Å². The largest absolute Gasteiger partial charge is 0.339 e. The molecule has 0 unspecified atom stereocenters. The van der Waals surface area contributed by atoms with Gasteiger partial charge in [0, 0.05) is 20.1 Å². The summed E-state index contributed by atoms with van der Waals surface area (Å²) >= 11 is 0. The third-order valence-electron chi connectivity index (χ3n) is 5.23. The summed E-state index contributed by atoms with van der Waals surface area (Å²) in [4.78, 5) is 27.5. The highest BCUT2D eigenvalue weighted by atomic mass is 16.2. The van der Waals surface area contributed by atoms with Gasteiger partial charge in [0.25, 0.3) is 11.5 Å². The Kier molecular flexibility index (Phi) is 3.84. The highest BCUT2D eigenvalue weighted by molar-refractivity contribution is 6.02. The predicted molar refractivity (Wildman–Crippen MR) is 101 cm³/mol. The van der Waals surface area contributed by atoms with E-state index in [1.165, 1.54) is 4.68 Å². The minimum absolute atomic E-state index is 0.0740. The van der Waals surface area contributed by atoms with Crippen LogP contribution >= 0.6 is 0 Å². The minimum Gasteiger partial charge on any atom is -0.339 e. The standard InChI is InChI=1S/C20H19N5O2/c1-12-16-18(24-9-8-23(3)20(27)17(12)24)13(2)22-25(19(16)26)11-15-7-5-4-6-14(15)10-21/h4-7H,8-9,11H2,1-3H3. The van der Waals surface area contributed by atoms with E-state index in [0.29, 0.717) is 41.0 Å². The zero-order valence-electron chi connectivity index (χ0n) is 15.5. The quantitative estimate of drug-likeness (QED) is 0.697. The number of aromatic nitrogens is 3. The number of rotatable bonds is 2. The molecule has 3 heterocycles. The lowest BCUT2D eigenvalue weighted by molar-refractivity contribution is 0.0750. The van der Waals surface area contributed by atoms with Crippen LogP contribution in [-0.2, 0) is 13.1 Å². The average Bonchev–Trinajstić information content (AvgIpc) is 2.97. The molecule has 0 fully saturated rings. The minimum atomic E-state index is -0.238. The van der Waals surface area contributed by atoms with Gasteiger partial charge in [0.1, 0.15) is 5.69 Å². The predicted octanol–water partition coefficient (Wildman–Crippen LogP) is 1.82. The molecular weight excluding hydrogens is 342 g/mol. The van der Waals surface area contributed by atoms with E-state index < -0.39 is 0 Å². The van der Waals surface area contributed by atoms with E-state index in [0.717, 1.165) is 11.1 Å². The number of hydrogen-bond donors (Lipinski definition) is 0. The van der Waals surface area contributed by atoms with Crippen LogP contribution in [0.3, 0.4) is 0 Å². The zero-order chi connectivity index (χ0) is 19.3. The molecule has 7 nitrogen and oxygen atoms in total. The number of nitrogens with zero attached hydrogens (tertiary/aromatic N) is 5. The van der Waals surface area contributed by atoms with E-state index >= 15 is 0 Å². The smallest absolute Gasteiger partial charge is 0.276 e. The molecule has 1 aliphatic rings. The normalized spacial score (nSPS) is 13.7. The van der Waals surface area contributed by atoms with Crippen molar-refractivity contribution >= 4 is 16.8 Å². The van der Waals surface area contributed by atoms with Crippen molar-refractivity contribution in [3.05, 3.63) is 62.7 Å². The number of amides is 1. The number of likely N-dealkylation sites (N-methyl/N-ethyl adjacent to an activating group) is 1. The molecule has 0 spiro atoms. The highest BCUT2D eigenvalue weighted by Gasteiger charge is 2.29. The van der Waals surface area contributed by atoms with Crippen LogP contribution in [0, 0.1) is 25.2 Å². The molecule has 0 saturated heterocycles. The molecule has 0 atom stereocenters. The van der Waals surface area contributed by atoms with Crippen LogP contribution in [0.4, 0.5) is 0 Å². The summed E-state index contributed by atoms with van der Waals surface area (Å²) in [6.07, 6.45) is 0. The maximum Gasteiger partial charge on any atom is 0.276 e. The molecular formula is C20H19N5O2. The van der Waals surface area contributed by atoms with Gasteiger partial charge in [0.05, 0.1) is 34.8 Å². The second-order valence-electron chi connectivity index (χ2n) is 6.89. The molecule has 0 aliphatic carbocycles. The second kappa shape index (κ2) is 6.09. The first kappa shape index (κ1) is 17.0. The van der Waals surface area contributed by atoms with E-state index in [4.69, 9.17) is 0 Å². The van der Waals surface area contributed by atoms with Crippen molar-refractivity contribution in [1.82, 2.24) is 19.2 Å². The summed E-state index contributed by atoms with van der Waals surface area (Å²) in [7, 11) is 1.77. The van der Waals surface area contributed by atoms with Crippen LogP contribution in [0.1, 0.15) is 32.9 Å². The van der Waals surface area contributed by atoms with Gasteiger partial charge >= 0.3 is 0 Å². The molecule has 0 radical (unpaired) electrons. The van der Waals surface area contributed by atoms with Crippen molar-refractivity contribution < 1.29 is 4.79 Å². The van der Waals surface area contributed by atoms with E-state index in [-0.39, 0.29) is 18.0 Å². The Labute approximate surface area is 156 Å². The van der Waals surface area contributed by atoms with Gasteiger partial charge in [-0.25, -0.2) is 4.68 Å². The molecule has 0 saturated carbocycles. The fourth-order valence-electron chi connectivity index (χ4n) is 3.85. The molecule has 136 valence electrons. The van der Waals surface area contributed by atoms with Crippen molar-refractivity contribution in [2.24, 2.45) is 0 Å². The Morgan fingerprint density at radius 1 is 1.19 bits per heavy atom. The summed E-state index contributed by atoms with van der Waals surface area (Å²) in [5.41, 5.74) is 3.72. The Hall–Kier alpha value is -3.40. The number of benzene rings is 1. The van der Waals surface area contributed by atoms with Crippen LogP contribution in [0.5, 0.6) is 0 Å². The Morgan fingerprint density at radius 2 is 1.93 bits per heavy atom. The number of carbonyl (C=O) groups excluding carboxylic acids is 1. The van der Waals surface area contributed by atoms with Crippen molar-refractivity contribution in [2.45, 2.75) is 26.9 Å². The summed E-state index contributed by atoms with van der Waals surface area (Å²) in [5.74, 6) is -0.0740. The van der Waals surface area contributed by atoms with E-state index in [2.05, 4.69) is 11.2 Å². The first-order valence-electron chi connectivity index (χ1n) is 8.78. The molecule has 0 bridgehead atoms. The molecule has 2 aromatic heterocycles. The number of hydrogen-bond acceptors (Lipinski definition) is 4. The van der Waals surface area contributed by atoms with E-state index in [9.17, 15) is 14.9 Å². The zero-order valence-corrected chi connectivity index (χ0v) is 15.5. The number of carbonyl (C=O) groups is 1. The number of nitriles is 1. The Balaban J connectivity index is 1.95. The Morgan fingerprint density at radius 3 is 2.67 bits per heavy atom. The van der Waals surface area contributed by atoms with Crippen molar-refractivity contribution in [1.29, 1.82) is 5.26 Å². The maximum absolute atomic E-state index is 13.2. The summed E-state index contributed by atoms with van der Waals surface area (Å²) in [6, 6.07) is 9.33. The monoisotopic (exact) mass is 361 g/mol. The van der Waals surface area contributed by atoms with Gasteiger partial charge in [0.2, 0.25) is 0 Å². The molecule has 1 aliphatic heterocycles. The molecule has 27 heavy (non-hydrogen) atoms. The molecule has 4 rings (SSSR count). The van der Waals surface area contributed by atoms with Gasteiger partial charge in [-0.2, -0.15) is 10.4 Å². The summed E-state index contributed by atoms with van der Waals surface area (Å²) in [5, 5.41) is 14.3. The van der Waals surface area contributed by atoms with Crippen molar-refractivity contribution in [2.75, 3.05) is 13.6 Å². The Bertz CT molecular complexity index is 1200.